The van der Waals surface area contributed by atoms with Crippen molar-refractivity contribution in [2.45, 2.75) is 13.5 Å². The number of aromatic amines is 1. The van der Waals surface area contributed by atoms with E-state index in [2.05, 4.69) is 15.0 Å². The topological polar surface area (TPSA) is 46.5 Å². The Bertz CT molecular complexity index is 722. The van der Waals surface area contributed by atoms with Crippen LogP contribution >= 0.6 is 23.6 Å². The van der Waals surface area contributed by atoms with E-state index in [0.717, 1.165) is 23.4 Å². The molecular weight excluding hydrogens is 252 g/mol. The molecule has 0 bridgehead atoms. The third kappa shape index (κ3) is 1.79. The Morgan fingerprint density at radius 3 is 3.12 bits per heavy atom. The number of nitrogens with zero attached hydrogens (tertiary/aromatic N) is 3. The lowest BCUT2D eigenvalue weighted by Crippen LogP contribution is -2.00. The molecule has 0 aliphatic carbocycles. The van der Waals surface area contributed by atoms with Gasteiger partial charge in [0, 0.05) is 11.1 Å². The van der Waals surface area contributed by atoms with Crippen LogP contribution in [0, 0.1) is 11.7 Å². The van der Waals surface area contributed by atoms with Gasteiger partial charge in [0.2, 0.25) is 0 Å². The molecule has 3 heterocycles. The largest absolute Gasteiger partial charge is 0.329 e. The Morgan fingerprint density at radius 1 is 1.47 bits per heavy atom. The van der Waals surface area contributed by atoms with E-state index in [1.807, 2.05) is 29.1 Å². The number of hydrogen-bond donors (Lipinski definition) is 1. The summed E-state index contributed by atoms with van der Waals surface area (Å²) in [6, 6.07) is 3.88. The number of pyridine rings is 1. The van der Waals surface area contributed by atoms with Crippen molar-refractivity contribution in [3.63, 3.8) is 0 Å². The summed E-state index contributed by atoms with van der Waals surface area (Å²) in [6.45, 7) is 2.74. The Hall–Kier alpha value is -1.53. The lowest BCUT2D eigenvalue weighted by molar-refractivity contribution is 0.805. The van der Waals surface area contributed by atoms with E-state index in [4.69, 9.17) is 12.2 Å². The summed E-state index contributed by atoms with van der Waals surface area (Å²) < 4.78 is 2.71. The summed E-state index contributed by atoms with van der Waals surface area (Å²) in [5, 5.41) is 0. The van der Waals surface area contributed by atoms with Gasteiger partial charge in [0.25, 0.3) is 0 Å². The minimum Gasteiger partial charge on any atom is -0.329 e. The maximum Gasteiger partial charge on any atom is 0.179 e. The van der Waals surface area contributed by atoms with Crippen LogP contribution in [0.15, 0.2) is 23.8 Å². The van der Waals surface area contributed by atoms with Crippen molar-refractivity contribution in [3.8, 4) is 0 Å². The van der Waals surface area contributed by atoms with E-state index in [-0.39, 0.29) is 0 Å². The Labute approximate surface area is 107 Å². The molecule has 0 saturated heterocycles. The molecule has 6 heteroatoms. The van der Waals surface area contributed by atoms with Crippen molar-refractivity contribution in [1.82, 2.24) is 19.5 Å². The zero-order chi connectivity index (χ0) is 11.8. The van der Waals surface area contributed by atoms with Crippen molar-refractivity contribution in [2.24, 2.45) is 0 Å². The highest BCUT2D eigenvalue weighted by Crippen LogP contribution is 2.17. The third-order valence-electron chi connectivity index (χ3n) is 2.68. The van der Waals surface area contributed by atoms with Gasteiger partial charge in [-0.15, -0.1) is 11.3 Å². The number of rotatable bonds is 2. The van der Waals surface area contributed by atoms with Crippen molar-refractivity contribution in [3.05, 3.63) is 39.2 Å². The summed E-state index contributed by atoms with van der Waals surface area (Å²) in [5.74, 6) is 0. The fourth-order valence-corrected chi connectivity index (χ4v) is 2.78. The summed E-state index contributed by atoms with van der Waals surface area (Å²) in [4.78, 5) is 13.0. The maximum absolute atomic E-state index is 5.32. The fourth-order valence-electron chi connectivity index (χ4n) is 1.76. The Morgan fingerprint density at radius 2 is 2.35 bits per heavy atom. The van der Waals surface area contributed by atoms with Crippen LogP contribution in [0.25, 0.3) is 11.2 Å². The molecule has 0 saturated carbocycles. The van der Waals surface area contributed by atoms with Crippen molar-refractivity contribution < 1.29 is 0 Å². The minimum atomic E-state index is 0.700. The second-order valence-corrected chi connectivity index (χ2v) is 5.08. The lowest BCUT2D eigenvalue weighted by atomic mass is 10.4. The van der Waals surface area contributed by atoms with Crippen molar-refractivity contribution in [2.75, 3.05) is 0 Å². The Balaban J connectivity index is 2.15. The average Bonchev–Trinajstić information content (AvgIpc) is 2.85. The highest BCUT2D eigenvalue weighted by atomic mass is 32.1. The summed E-state index contributed by atoms with van der Waals surface area (Å²) in [7, 11) is 0. The molecule has 0 aromatic carbocycles. The van der Waals surface area contributed by atoms with E-state index in [9.17, 15) is 0 Å². The average molecular weight is 262 g/mol. The molecule has 0 atom stereocenters. The van der Waals surface area contributed by atoms with Crippen LogP contribution in [0.5, 0.6) is 0 Å². The predicted molar refractivity (Wildman–Crippen MR) is 70.9 cm³/mol. The van der Waals surface area contributed by atoms with Gasteiger partial charge in [0.1, 0.15) is 0 Å². The van der Waals surface area contributed by atoms with Crippen LogP contribution in [-0.4, -0.2) is 19.5 Å². The molecular formula is C11H10N4S2. The first-order valence-electron chi connectivity index (χ1n) is 5.18. The smallest absolute Gasteiger partial charge is 0.179 e. The normalized spacial score (nSPS) is 11.1. The van der Waals surface area contributed by atoms with Crippen LogP contribution in [0.2, 0.25) is 0 Å². The van der Waals surface area contributed by atoms with Gasteiger partial charge in [0.05, 0.1) is 23.3 Å². The minimum absolute atomic E-state index is 0.700. The van der Waals surface area contributed by atoms with Gasteiger partial charge in [-0.05, 0) is 31.3 Å². The summed E-state index contributed by atoms with van der Waals surface area (Å²) in [6.07, 6.45) is 1.78. The van der Waals surface area contributed by atoms with Crippen LogP contribution in [-0.2, 0) is 6.54 Å². The molecule has 86 valence electrons. The van der Waals surface area contributed by atoms with E-state index in [1.54, 1.807) is 17.5 Å². The standard InChI is InChI=1S/C11H10N4S2/c1-7-9(17-6-13-7)5-15-10-8(14-11(15)16)3-2-4-12-10/h2-4,6H,5H2,1H3,(H,14,16). The number of nitrogens with one attached hydrogen (secondary N) is 1. The van der Waals surface area contributed by atoms with Crippen LogP contribution in [0.4, 0.5) is 0 Å². The third-order valence-corrected chi connectivity index (χ3v) is 3.92. The first-order valence-corrected chi connectivity index (χ1v) is 6.47. The molecule has 0 aliphatic heterocycles. The first kappa shape index (κ1) is 10.6. The molecule has 3 aromatic heterocycles. The van der Waals surface area contributed by atoms with Crippen molar-refractivity contribution >= 4 is 34.7 Å². The molecule has 0 aliphatic rings. The zero-order valence-corrected chi connectivity index (χ0v) is 10.8. The van der Waals surface area contributed by atoms with Gasteiger partial charge in [-0.25, -0.2) is 9.97 Å². The molecule has 4 nitrogen and oxygen atoms in total. The molecule has 0 fully saturated rings. The number of aromatic nitrogens is 4. The molecule has 0 amide bonds. The lowest BCUT2D eigenvalue weighted by Gasteiger charge is -2.01. The quantitative estimate of drug-likeness (QED) is 0.722. The molecule has 0 spiro atoms. The number of hydrogen-bond acceptors (Lipinski definition) is 4. The van der Waals surface area contributed by atoms with Gasteiger partial charge < -0.3 is 4.98 Å². The van der Waals surface area contributed by atoms with E-state index in [1.165, 1.54) is 4.88 Å². The maximum atomic E-state index is 5.32. The number of H-pyrrole nitrogens is 1. The van der Waals surface area contributed by atoms with Crippen molar-refractivity contribution in [1.29, 1.82) is 0 Å². The molecule has 17 heavy (non-hydrogen) atoms. The molecule has 0 radical (unpaired) electrons. The van der Waals surface area contributed by atoms with E-state index >= 15 is 0 Å². The molecule has 3 rings (SSSR count). The number of imidazole rings is 1. The Kier molecular flexibility index (Phi) is 2.53. The predicted octanol–water partition coefficient (Wildman–Crippen LogP) is 2.91. The van der Waals surface area contributed by atoms with Gasteiger partial charge >= 0.3 is 0 Å². The summed E-state index contributed by atoms with van der Waals surface area (Å²) >= 11 is 6.97. The highest BCUT2D eigenvalue weighted by molar-refractivity contribution is 7.71. The second kappa shape index (κ2) is 4.05. The fraction of sp³-hybridized carbons (Fsp3) is 0.182. The molecule has 0 unspecified atom stereocenters. The van der Waals surface area contributed by atoms with Gasteiger partial charge in [-0.1, -0.05) is 0 Å². The van der Waals surface area contributed by atoms with Gasteiger partial charge in [-0.2, -0.15) is 0 Å². The monoisotopic (exact) mass is 262 g/mol. The van der Waals surface area contributed by atoms with Gasteiger partial charge in [-0.3, -0.25) is 4.57 Å². The van der Waals surface area contributed by atoms with E-state index in [0.29, 0.717) is 4.77 Å². The molecule has 1 N–H and O–H groups in total. The SMILES string of the molecule is Cc1ncsc1Cn1c(=S)[nH]c2cccnc21. The van der Waals surface area contributed by atoms with Crippen LogP contribution in [0.3, 0.4) is 0 Å². The first-order chi connectivity index (χ1) is 8.25. The number of fused-ring (bicyclic) bond motifs is 1. The van der Waals surface area contributed by atoms with Crippen LogP contribution < -0.4 is 0 Å². The highest BCUT2D eigenvalue weighted by Gasteiger charge is 2.08. The second-order valence-electron chi connectivity index (χ2n) is 3.75. The molecule has 3 aromatic rings. The number of thiazole rings is 1. The van der Waals surface area contributed by atoms with Gasteiger partial charge in [0.15, 0.2) is 10.4 Å². The number of aryl methyl sites for hydroxylation is 1. The zero-order valence-electron chi connectivity index (χ0n) is 9.17. The van der Waals surface area contributed by atoms with E-state index < -0.39 is 0 Å². The van der Waals surface area contributed by atoms with Crippen LogP contribution in [0.1, 0.15) is 10.6 Å². The summed E-state index contributed by atoms with van der Waals surface area (Å²) in [5.41, 5.74) is 4.78.